The Hall–Kier alpha value is -2.99. The fourth-order valence-electron chi connectivity index (χ4n) is 2.82. The minimum atomic E-state index is -0.420. The van der Waals surface area contributed by atoms with Gasteiger partial charge in [-0.3, -0.25) is 19.4 Å². The standard InChI is InChI=1S/C21H20N2O3S/c1-14-7-6-8-15(11-14)13-26-18-10-5-4-9-16(18)12-17-19(24)22(2)21(27)23(3)20(17)25/h4-12H,13H2,1-3H3. The summed E-state index contributed by atoms with van der Waals surface area (Å²) in [6.07, 6.45) is 1.56. The zero-order valence-corrected chi connectivity index (χ0v) is 16.2. The number of para-hydroxylation sites is 1. The molecule has 27 heavy (non-hydrogen) atoms. The fraction of sp³-hybridized carbons (Fsp3) is 0.190. The summed E-state index contributed by atoms with van der Waals surface area (Å²) >= 11 is 5.11. The van der Waals surface area contributed by atoms with Gasteiger partial charge in [-0.05, 0) is 36.8 Å². The second-order valence-electron chi connectivity index (χ2n) is 6.38. The molecular weight excluding hydrogens is 360 g/mol. The lowest BCUT2D eigenvalue weighted by molar-refractivity contribution is -0.132. The van der Waals surface area contributed by atoms with Gasteiger partial charge in [0.2, 0.25) is 0 Å². The van der Waals surface area contributed by atoms with E-state index in [1.165, 1.54) is 9.80 Å². The molecular formula is C21H20N2O3S. The first-order chi connectivity index (χ1) is 12.9. The van der Waals surface area contributed by atoms with E-state index >= 15 is 0 Å². The Labute approximate surface area is 163 Å². The van der Waals surface area contributed by atoms with Crippen LogP contribution >= 0.6 is 12.2 Å². The number of hydrogen-bond acceptors (Lipinski definition) is 4. The molecule has 5 nitrogen and oxygen atoms in total. The largest absolute Gasteiger partial charge is 0.488 e. The number of benzene rings is 2. The average molecular weight is 380 g/mol. The van der Waals surface area contributed by atoms with Crippen molar-refractivity contribution in [1.29, 1.82) is 0 Å². The molecule has 6 heteroatoms. The molecule has 0 atom stereocenters. The molecule has 2 aromatic rings. The smallest absolute Gasteiger partial charge is 0.265 e. The minimum absolute atomic E-state index is 0.0557. The van der Waals surface area contributed by atoms with E-state index in [4.69, 9.17) is 17.0 Å². The van der Waals surface area contributed by atoms with Crippen LogP contribution < -0.4 is 4.74 Å². The first kappa shape index (κ1) is 18.8. The van der Waals surface area contributed by atoms with Crippen LogP contribution in [-0.4, -0.2) is 40.8 Å². The molecule has 0 aliphatic carbocycles. The molecule has 0 unspecified atom stereocenters. The normalized spacial score (nSPS) is 14.6. The Morgan fingerprint density at radius 1 is 1.00 bits per heavy atom. The molecule has 0 saturated carbocycles. The summed E-state index contributed by atoms with van der Waals surface area (Å²) in [5.74, 6) is -0.237. The molecule has 1 aliphatic rings. The van der Waals surface area contributed by atoms with Crippen molar-refractivity contribution >= 4 is 35.2 Å². The molecule has 2 aromatic carbocycles. The lowest BCUT2D eigenvalue weighted by Gasteiger charge is -2.31. The molecule has 0 bridgehead atoms. The summed E-state index contributed by atoms with van der Waals surface area (Å²) < 4.78 is 5.94. The molecule has 1 aliphatic heterocycles. The van der Waals surface area contributed by atoms with Crippen molar-refractivity contribution in [3.63, 3.8) is 0 Å². The number of likely N-dealkylation sites (N-methyl/N-ethyl adjacent to an activating group) is 2. The van der Waals surface area contributed by atoms with Gasteiger partial charge < -0.3 is 4.74 Å². The number of hydrogen-bond donors (Lipinski definition) is 0. The maximum absolute atomic E-state index is 12.5. The van der Waals surface area contributed by atoms with E-state index in [0.717, 1.165) is 11.1 Å². The van der Waals surface area contributed by atoms with Crippen LogP contribution in [0.5, 0.6) is 5.75 Å². The van der Waals surface area contributed by atoms with Crippen molar-refractivity contribution in [1.82, 2.24) is 9.80 Å². The molecule has 1 saturated heterocycles. The van der Waals surface area contributed by atoms with Crippen molar-refractivity contribution in [2.24, 2.45) is 0 Å². The van der Waals surface area contributed by atoms with Crippen LogP contribution in [0.2, 0.25) is 0 Å². The van der Waals surface area contributed by atoms with Gasteiger partial charge in [0.1, 0.15) is 17.9 Å². The zero-order chi connectivity index (χ0) is 19.6. The molecule has 2 amide bonds. The van der Waals surface area contributed by atoms with Gasteiger partial charge in [-0.25, -0.2) is 0 Å². The van der Waals surface area contributed by atoms with E-state index in [2.05, 4.69) is 6.07 Å². The lowest BCUT2D eigenvalue weighted by Crippen LogP contribution is -2.52. The number of nitrogens with zero attached hydrogens (tertiary/aromatic N) is 2. The molecule has 0 N–H and O–H groups in total. The predicted molar refractivity (Wildman–Crippen MR) is 108 cm³/mol. The topological polar surface area (TPSA) is 49.9 Å². The van der Waals surface area contributed by atoms with Crippen LogP contribution in [-0.2, 0) is 16.2 Å². The Morgan fingerprint density at radius 2 is 1.67 bits per heavy atom. The van der Waals surface area contributed by atoms with Gasteiger partial charge in [-0.15, -0.1) is 0 Å². The maximum Gasteiger partial charge on any atom is 0.265 e. The highest BCUT2D eigenvalue weighted by Gasteiger charge is 2.35. The molecule has 0 spiro atoms. The SMILES string of the molecule is Cc1cccc(COc2ccccc2C=C2C(=O)N(C)C(=S)N(C)C2=O)c1. The summed E-state index contributed by atoms with van der Waals surface area (Å²) in [5, 5.41) is 0.186. The fourth-order valence-corrected chi connectivity index (χ4v) is 2.99. The number of thiocarbonyl (C=S) groups is 1. The van der Waals surface area contributed by atoms with Gasteiger partial charge in [0.15, 0.2) is 5.11 Å². The van der Waals surface area contributed by atoms with Crippen LogP contribution in [0, 0.1) is 6.92 Å². The molecule has 138 valence electrons. The molecule has 3 rings (SSSR count). The van der Waals surface area contributed by atoms with Crippen LogP contribution in [0.15, 0.2) is 54.1 Å². The van der Waals surface area contributed by atoms with Gasteiger partial charge in [0, 0.05) is 19.7 Å². The van der Waals surface area contributed by atoms with E-state index in [9.17, 15) is 9.59 Å². The highest BCUT2D eigenvalue weighted by Crippen LogP contribution is 2.25. The van der Waals surface area contributed by atoms with E-state index in [1.54, 1.807) is 20.2 Å². The van der Waals surface area contributed by atoms with Gasteiger partial charge in [-0.2, -0.15) is 0 Å². The van der Waals surface area contributed by atoms with Crippen LogP contribution in [0.1, 0.15) is 16.7 Å². The van der Waals surface area contributed by atoms with Gasteiger partial charge in [0.05, 0.1) is 0 Å². The van der Waals surface area contributed by atoms with Crippen LogP contribution in [0.4, 0.5) is 0 Å². The highest BCUT2D eigenvalue weighted by molar-refractivity contribution is 7.80. The van der Waals surface area contributed by atoms with E-state index in [-0.39, 0.29) is 10.7 Å². The van der Waals surface area contributed by atoms with Crippen molar-refractivity contribution in [3.8, 4) is 5.75 Å². The minimum Gasteiger partial charge on any atom is -0.488 e. The monoisotopic (exact) mass is 380 g/mol. The predicted octanol–water partition coefficient (Wildman–Crippen LogP) is 3.17. The summed E-state index contributed by atoms with van der Waals surface area (Å²) in [6, 6.07) is 15.4. The number of carbonyl (C=O) groups is 2. The Morgan fingerprint density at radius 3 is 2.33 bits per heavy atom. The van der Waals surface area contributed by atoms with Gasteiger partial charge in [-0.1, -0.05) is 48.0 Å². The van der Waals surface area contributed by atoms with Gasteiger partial charge >= 0.3 is 0 Å². The number of amides is 2. The Bertz CT molecular complexity index is 926. The van der Waals surface area contributed by atoms with Crippen molar-refractivity contribution in [2.45, 2.75) is 13.5 Å². The Balaban J connectivity index is 1.89. The second kappa shape index (κ2) is 7.72. The summed E-state index contributed by atoms with van der Waals surface area (Å²) in [7, 11) is 3.11. The van der Waals surface area contributed by atoms with Crippen LogP contribution in [0.25, 0.3) is 6.08 Å². The summed E-state index contributed by atoms with van der Waals surface area (Å²) in [5.41, 5.74) is 2.93. The third-order valence-corrected chi connectivity index (χ3v) is 4.89. The van der Waals surface area contributed by atoms with E-state index in [1.807, 2.05) is 49.4 Å². The molecule has 1 heterocycles. The van der Waals surface area contributed by atoms with E-state index in [0.29, 0.717) is 17.9 Å². The summed E-state index contributed by atoms with van der Waals surface area (Å²) in [4.78, 5) is 27.6. The number of aryl methyl sites for hydroxylation is 1. The number of ether oxygens (including phenoxy) is 1. The van der Waals surface area contributed by atoms with Crippen molar-refractivity contribution in [3.05, 3.63) is 70.8 Å². The lowest BCUT2D eigenvalue weighted by atomic mass is 10.1. The van der Waals surface area contributed by atoms with Crippen molar-refractivity contribution in [2.75, 3.05) is 14.1 Å². The average Bonchev–Trinajstić information content (AvgIpc) is 2.67. The first-order valence-corrected chi connectivity index (χ1v) is 8.88. The zero-order valence-electron chi connectivity index (χ0n) is 15.4. The number of rotatable bonds is 4. The van der Waals surface area contributed by atoms with Gasteiger partial charge in [0.25, 0.3) is 11.8 Å². The molecule has 0 radical (unpaired) electrons. The molecule has 0 aromatic heterocycles. The second-order valence-corrected chi connectivity index (χ2v) is 6.75. The summed E-state index contributed by atoms with van der Waals surface area (Å²) in [6.45, 7) is 2.42. The maximum atomic E-state index is 12.5. The number of carbonyl (C=O) groups excluding carboxylic acids is 2. The van der Waals surface area contributed by atoms with Crippen molar-refractivity contribution < 1.29 is 14.3 Å². The quantitative estimate of drug-likeness (QED) is 0.464. The first-order valence-electron chi connectivity index (χ1n) is 8.47. The third kappa shape index (κ3) is 3.90. The highest BCUT2D eigenvalue weighted by atomic mass is 32.1. The van der Waals surface area contributed by atoms with Crippen LogP contribution in [0.3, 0.4) is 0 Å². The van der Waals surface area contributed by atoms with E-state index < -0.39 is 11.8 Å². The Kier molecular flexibility index (Phi) is 5.37. The molecule has 1 fully saturated rings. The third-order valence-electron chi connectivity index (χ3n) is 4.34.